The Hall–Kier alpha value is -1.23. The standard InChI is InChI=1S/C18H23BrO4/c1-10(2)16-13(12(9-15(20)21)11-4-5-11)8-14(19)17-18(16)23-7-3-6-22-17/h8,10-12H,3-7,9H2,1-2H3,(H,20,21). The molecule has 126 valence electrons. The van der Waals surface area contributed by atoms with Crippen molar-refractivity contribution in [1.29, 1.82) is 0 Å². The molecule has 1 fully saturated rings. The molecule has 1 atom stereocenters. The van der Waals surface area contributed by atoms with Crippen LogP contribution >= 0.6 is 15.9 Å². The predicted octanol–water partition coefficient (Wildman–Crippen LogP) is 4.70. The van der Waals surface area contributed by atoms with Crippen molar-refractivity contribution in [2.75, 3.05) is 13.2 Å². The van der Waals surface area contributed by atoms with Gasteiger partial charge in [-0.3, -0.25) is 4.79 Å². The molecule has 1 heterocycles. The number of hydrogen-bond donors (Lipinski definition) is 1. The molecule has 0 spiro atoms. The number of hydrogen-bond acceptors (Lipinski definition) is 3. The van der Waals surface area contributed by atoms with E-state index in [2.05, 4.69) is 35.8 Å². The van der Waals surface area contributed by atoms with Gasteiger partial charge < -0.3 is 14.6 Å². The van der Waals surface area contributed by atoms with E-state index in [0.29, 0.717) is 19.1 Å². The van der Waals surface area contributed by atoms with Gasteiger partial charge in [0.15, 0.2) is 11.5 Å². The Morgan fingerprint density at radius 3 is 2.52 bits per heavy atom. The van der Waals surface area contributed by atoms with Crippen molar-refractivity contribution in [3.8, 4) is 11.5 Å². The number of rotatable bonds is 5. The summed E-state index contributed by atoms with van der Waals surface area (Å²) < 4.78 is 12.8. The molecule has 0 radical (unpaired) electrons. The molecule has 1 unspecified atom stereocenters. The predicted molar refractivity (Wildman–Crippen MR) is 91.6 cm³/mol. The minimum Gasteiger partial charge on any atom is -0.489 e. The van der Waals surface area contributed by atoms with Crippen molar-refractivity contribution in [3.63, 3.8) is 0 Å². The summed E-state index contributed by atoms with van der Waals surface area (Å²) in [7, 11) is 0. The first-order valence-electron chi connectivity index (χ1n) is 8.32. The van der Waals surface area contributed by atoms with Gasteiger partial charge in [0, 0.05) is 12.0 Å². The summed E-state index contributed by atoms with van der Waals surface area (Å²) in [5.41, 5.74) is 2.23. The molecule has 1 saturated carbocycles. The number of fused-ring (bicyclic) bond motifs is 1. The summed E-state index contributed by atoms with van der Waals surface area (Å²) in [6, 6.07) is 2.06. The summed E-state index contributed by atoms with van der Waals surface area (Å²) in [4.78, 5) is 11.4. The van der Waals surface area contributed by atoms with Crippen molar-refractivity contribution in [2.24, 2.45) is 5.92 Å². The molecule has 0 bridgehead atoms. The Kier molecular flexibility index (Phi) is 4.85. The van der Waals surface area contributed by atoms with Gasteiger partial charge in [-0.1, -0.05) is 13.8 Å². The van der Waals surface area contributed by atoms with Crippen molar-refractivity contribution in [1.82, 2.24) is 0 Å². The van der Waals surface area contributed by atoms with Gasteiger partial charge in [0.1, 0.15) is 0 Å². The van der Waals surface area contributed by atoms with Crippen LogP contribution in [-0.2, 0) is 4.79 Å². The lowest BCUT2D eigenvalue weighted by molar-refractivity contribution is -0.137. The highest BCUT2D eigenvalue weighted by Gasteiger charge is 2.37. The quantitative estimate of drug-likeness (QED) is 0.801. The number of benzene rings is 1. The second-order valence-corrected chi connectivity index (χ2v) is 7.62. The first kappa shape index (κ1) is 16.6. The Bertz CT molecular complexity index is 608. The molecule has 1 aromatic rings. The lowest BCUT2D eigenvalue weighted by atomic mass is 9.83. The molecule has 3 rings (SSSR count). The van der Waals surface area contributed by atoms with Crippen LogP contribution in [0.1, 0.15) is 62.5 Å². The Morgan fingerprint density at radius 1 is 1.30 bits per heavy atom. The maximum atomic E-state index is 11.4. The van der Waals surface area contributed by atoms with E-state index in [0.717, 1.165) is 46.4 Å². The summed E-state index contributed by atoms with van der Waals surface area (Å²) in [5, 5.41) is 9.34. The maximum Gasteiger partial charge on any atom is 0.303 e. The SMILES string of the molecule is CC(C)c1c(C(CC(=O)O)C2CC2)cc(Br)c2c1OCCCO2. The fraction of sp³-hybridized carbons (Fsp3) is 0.611. The van der Waals surface area contributed by atoms with Crippen LogP contribution in [0.5, 0.6) is 11.5 Å². The monoisotopic (exact) mass is 382 g/mol. The van der Waals surface area contributed by atoms with Crippen LogP contribution < -0.4 is 9.47 Å². The van der Waals surface area contributed by atoms with E-state index in [1.54, 1.807) is 0 Å². The second-order valence-electron chi connectivity index (χ2n) is 6.77. The van der Waals surface area contributed by atoms with Gasteiger partial charge in [0.05, 0.1) is 24.1 Å². The number of ether oxygens (including phenoxy) is 2. The van der Waals surface area contributed by atoms with Gasteiger partial charge >= 0.3 is 5.97 Å². The van der Waals surface area contributed by atoms with Crippen LogP contribution in [-0.4, -0.2) is 24.3 Å². The van der Waals surface area contributed by atoms with E-state index in [9.17, 15) is 9.90 Å². The van der Waals surface area contributed by atoms with E-state index >= 15 is 0 Å². The second kappa shape index (κ2) is 6.71. The third kappa shape index (κ3) is 3.49. The average Bonchev–Trinajstić information content (AvgIpc) is 3.30. The first-order valence-corrected chi connectivity index (χ1v) is 9.12. The summed E-state index contributed by atoms with van der Waals surface area (Å²) in [6.07, 6.45) is 3.26. The normalized spacial score (nSPS) is 18.6. The number of carboxylic acids is 1. The van der Waals surface area contributed by atoms with Crippen LogP contribution in [0.4, 0.5) is 0 Å². The van der Waals surface area contributed by atoms with E-state index in [4.69, 9.17) is 9.47 Å². The minimum atomic E-state index is -0.736. The van der Waals surface area contributed by atoms with E-state index in [1.165, 1.54) is 0 Å². The van der Waals surface area contributed by atoms with Gasteiger partial charge in [0.25, 0.3) is 0 Å². The van der Waals surface area contributed by atoms with E-state index in [1.807, 2.05) is 0 Å². The van der Waals surface area contributed by atoms with Crippen LogP contribution in [0.2, 0.25) is 0 Å². The summed E-state index contributed by atoms with van der Waals surface area (Å²) >= 11 is 3.60. The highest BCUT2D eigenvalue weighted by molar-refractivity contribution is 9.10. The van der Waals surface area contributed by atoms with Crippen LogP contribution in [0.15, 0.2) is 10.5 Å². The van der Waals surface area contributed by atoms with E-state index < -0.39 is 5.97 Å². The lowest BCUT2D eigenvalue weighted by Crippen LogP contribution is -2.13. The summed E-state index contributed by atoms with van der Waals surface area (Å²) in [6.45, 7) is 5.54. The lowest BCUT2D eigenvalue weighted by Gasteiger charge is -2.25. The molecule has 0 amide bonds. The van der Waals surface area contributed by atoms with Crippen LogP contribution in [0.25, 0.3) is 0 Å². The average molecular weight is 383 g/mol. The zero-order valence-electron chi connectivity index (χ0n) is 13.6. The topological polar surface area (TPSA) is 55.8 Å². The molecule has 1 aliphatic heterocycles. The molecule has 1 aromatic carbocycles. The largest absolute Gasteiger partial charge is 0.489 e. The Balaban J connectivity index is 2.13. The third-order valence-corrected chi connectivity index (χ3v) is 5.19. The van der Waals surface area contributed by atoms with Gasteiger partial charge in [-0.05, 0) is 58.2 Å². The number of aliphatic carboxylic acids is 1. The Morgan fingerprint density at radius 2 is 1.96 bits per heavy atom. The molecule has 0 aromatic heterocycles. The van der Waals surface area contributed by atoms with Gasteiger partial charge in [-0.25, -0.2) is 0 Å². The number of carbonyl (C=O) groups is 1. The minimum absolute atomic E-state index is 0.0540. The molecule has 5 heteroatoms. The highest BCUT2D eigenvalue weighted by Crippen LogP contribution is 2.52. The molecular weight excluding hydrogens is 360 g/mol. The van der Waals surface area contributed by atoms with Crippen molar-refractivity contribution in [3.05, 3.63) is 21.7 Å². The van der Waals surface area contributed by atoms with Gasteiger partial charge in [-0.2, -0.15) is 0 Å². The maximum absolute atomic E-state index is 11.4. The smallest absolute Gasteiger partial charge is 0.303 e. The van der Waals surface area contributed by atoms with Crippen molar-refractivity contribution >= 4 is 21.9 Å². The molecule has 4 nitrogen and oxygen atoms in total. The fourth-order valence-corrected chi connectivity index (χ4v) is 3.99. The molecule has 1 N–H and O–H groups in total. The molecule has 2 aliphatic rings. The Labute approximate surface area is 145 Å². The van der Waals surface area contributed by atoms with Gasteiger partial charge in [-0.15, -0.1) is 0 Å². The highest BCUT2D eigenvalue weighted by atomic mass is 79.9. The van der Waals surface area contributed by atoms with E-state index in [-0.39, 0.29) is 18.3 Å². The number of carboxylic acid groups (broad SMARTS) is 1. The zero-order valence-corrected chi connectivity index (χ0v) is 15.2. The van der Waals surface area contributed by atoms with Crippen molar-refractivity contribution < 1.29 is 19.4 Å². The zero-order chi connectivity index (χ0) is 16.6. The fourth-order valence-electron chi connectivity index (χ4n) is 3.45. The van der Waals surface area contributed by atoms with Crippen LogP contribution in [0.3, 0.4) is 0 Å². The van der Waals surface area contributed by atoms with Crippen LogP contribution in [0, 0.1) is 5.92 Å². The third-order valence-electron chi connectivity index (χ3n) is 4.60. The summed E-state index contributed by atoms with van der Waals surface area (Å²) in [5.74, 6) is 1.61. The molecular formula is C18H23BrO4. The molecule has 0 saturated heterocycles. The first-order chi connectivity index (χ1) is 11.0. The van der Waals surface area contributed by atoms with Gasteiger partial charge in [0.2, 0.25) is 0 Å². The van der Waals surface area contributed by atoms with Crippen molar-refractivity contribution in [2.45, 2.75) is 51.4 Å². The number of halogens is 1. The molecule has 23 heavy (non-hydrogen) atoms. The molecule has 1 aliphatic carbocycles.